The van der Waals surface area contributed by atoms with E-state index in [4.69, 9.17) is 0 Å². The van der Waals surface area contributed by atoms with E-state index in [-0.39, 0.29) is 10.8 Å². The number of benzene rings is 8. The Morgan fingerprint density at radius 1 is 0.371 bits per heavy atom. The molecule has 12 aromatic rings. The summed E-state index contributed by atoms with van der Waals surface area (Å²) in [5, 5.41) is 7.92. The fraction of sp³-hybridized carbons (Fsp3) is 0.103. The van der Waals surface area contributed by atoms with Crippen LogP contribution in [0.4, 0.5) is 0 Å². The highest BCUT2D eigenvalue weighted by Crippen LogP contribution is 2.55. The van der Waals surface area contributed by atoms with Crippen molar-refractivity contribution in [3.8, 4) is 44.8 Å². The fourth-order valence-electron chi connectivity index (χ4n) is 11.8. The maximum atomic E-state index is 2.58. The van der Waals surface area contributed by atoms with Crippen LogP contribution in [0.15, 0.2) is 170 Å². The molecule has 62 heavy (non-hydrogen) atoms. The number of aromatic nitrogens is 2. The quantitative estimate of drug-likeness (QED) is 0.168. The summed E-state index contributed by atoms with van der Waals surface area (Å²) in [7, 11) is 0. The Bertz CT molecular complexity index is 3680. The summed E-state index contributed by atoms with van der Waals surface area (Å²) < 4.78 is 7.80. The zero-order chi connectivity index (χ0) is 41.2. The molecule has 0 spiro atoms. The Labute approximate surface area is 367 Å². The number of fused-ring (bicyclic) bond motifs is 16. The van der Waals surface area contributed by atoms with Gasteiger partial charge in [0.1, 0.15) is 9.66 Å². The van der Waals surface area contributed by atoms with Gasteiger partial charge in [0.15, 0.2) is 0 Å². The van der Waals surface area contributed by atoms with Gasteiger partial charge < -0.3 is 9.13 Å². The molecule has 2 nitrogen and oxygen atoms in total. The van der Waals surface area contributed by atoms with Gasteiger partial charge in [-0.05, 0) is 104 Å². The zero-order valence-corrected chi connectivity index (χ0v) is 36.5. The molecule has 0 N–H and O–H groups in total. The third kappa shape index (κ3) is 4.34. The minimum absolute atomic E-state index is 0.134. The summed E-state index contributed by atoms with van der Waals surface area (Å²) in [5.74, 6) is 0. The molecule has 0 fully saturated rings. The molecule has 294 valence electrons. The van der Waals surface area contributed by atoms with Crippen LogP contribution in [-0.4, -0.2) is 9.13 Å². The van der Waals surface area contributed by atoms with E-state index in [0.29, 0.717) is 0 Å². The molecule has 0 saturated heterocycles. The van der Waals surface area contributed by atoms with Crippen LogP contribution in [0.1, 0.15) is 49.9 Å². The molecule has 4 aromatic heterocycles. The van der Waals surface area contributed by atoms with E-state index in [1.54, 1.807) is 0 Å². The van der Waals surface area contributed by atoms with E-state index < -0.39 is 0 Å². The van der Waals surface area contributed by atoms with Gasteiger partial charge in [0.05, 0.1) is 22.4 Å². The van der Waals surface area contributed by atoms with E-state index in [9.17, 15) is 0 Å². The lowest BCUT2D eigenvalue weighted by Gasteiger charge is -2.25. The van der Waals surface area contributed by atoms with Crippen molar-refractivity contribution in [2.24, 2.45) is 0 Å². The van der Waals surface area contributed by atoms with Crippen molar-refractivity contribution in [1.82, 2.24) is 9.13 Å². The van der Waals surface area contributed by atoms with Crippen LogP contribution in [0.3, 0.4) is 0 Å². The summed E-state index contributed by atoms with van der Waals surface area (Å²) in [6.45, 7) is 9.59. The molecule has 4 heterocycles. The van der Waals surface area contributed by atoms with Crippen molar-refractivity contribution < 1.29 is 0 Å². The molecule has 0 amide bonds. The zero-order valence-electron chi connectivity index (χ0n) is 34.9. The molecule has 0 bridgehead atoms. The average Bonchev–Trinajstić information content (AvgIpc) is 4.11. The Morgan fingerprint density at radius 2 is 0.774 bits per heavy atom. The van der Waals surface area contributed by atoms with Crippen LogP contribution in [-0.2, 0) is 10.8 Å². The van der Waals surface area contributed by atoms with Crippen LogP contribution in [0.25, 0.3) is 107 Å². The largest absolute Gasteiger partial charge is 0.300 e. The number of hydrogen-bond donors (Lipinski definition) is 0. The van der Waals surface area contributed by atoms with E-state index in [1.807, 2.05) is 22.7 Å². The normalized spacial score (nSPS) is 14.7. The molecule has 8 aromatic carbocycles. The Morgan fingerprint density at radius 3 is 1.24 bits per heavy atom. The number of nitrogens with zero attached hydrogens (tertiary/aromatic N) is 2. The van der Waals surface area contributed by atoms with E-state index in [1.165, 1.54) is 129 Å². The summed E-state index contributed by atoms with van der Waals surface area (Å²) in [6.07, 6.45) is 0. The second-order valence-electron chi connectivity index (χ2n) is 18.4. The van der Waals surface area contributed by atoms with Gasteiger partial charge in [-0.15, -0.1) is 22.7 Å². The second-order valence-corrected chi connectivity index (χ2v) is 20.5. The Kier molecular flexibility index (Phi) is 6.77. The molecule has 0 unspecified atom stereocenters. The molecule has 2 aliphatic carbocycles. The minimum Gasteiger partial charge on any atom is -0.300 e. The first-order chi connectivity index (χ1) is 30.3. The van der Waals surface area contributed by atoms with Crippen LogP contribution >= 0.6 is 22.7 Å². The van der Waals surface area contributed by atoms with E-state index in [2.05, 4.69) is 207 Å². The first kappa shape index (κ1) is 34.9. The number of rotatable bonds is 3. The van der Waals surface area contributed by atoms with Crippen molar-refractivity contribution in [1.29, 1.82) is 0 Å². The average molecular weight is 829 g/mol. The fourth-order valence-corrected chi connectivity index (χ4v) is 14.3. The predicted octanol–water partition coefficient (Wildman–Crippen LogP) is 16.6. The van der Waals surface area contributed by atoms with Crippen LogP contribution in [0, 0.1) is 0 Å². The Hall–Kier alpha value is -6.72. The molecule has 14 rings (SSSR count). The molecule has 0 atom stereocenters. The van der Waals surface area contributed by atoms with Crippen molar-refractivity contribution in [3.05, 3.63) is 192 Å². The third-order valence-corrected chi connectivity index (χ3v) is 16.8. The Balaban J connectivity index is 1.01. The van der Waals surface area contributed by atoms with Gasteiger partial charge in [0.2, 0.25) is 0 Å². The van der Waals surface area contributed by atoms with Gasteiger partial charge in [-0.2, -0.15) is 0 Å². The van der Waals surface area contributed by atoms with Gasteiger partial charge in [-0.3, -0.25) is 0 Å². The van der Waals surface area contributed by atoms with Crippen LogP contribution in [0.5, 0.6) is 0 Å². The monoisotopic (exact) mass is 828 g/mol. The van der Waals surface area contributed by atoms with Crippen molar-refractivity contribution in [2.75, 3.05) is 0 Å². The molecule has 2 aliphatic rings. The van der Waals surface area contributed by atoms with Crippen molar-refractivity contribution >= 4 is 85.1 Å². The van der Waals surface area contributed by atoms with Crippen LogP contribution in [0.2, 0.25) is 0 Å². The minimum atomic E-state index is -0.134. The topological polar surface area (TPSA) is 9.86 Å². The predicted molar refractivity (Wildman–Crippen MR) is 266 cm³/mol. The highest BCUT2D eigenvalue weighted by molar-refractivity contribution is 7.26. The smallest absolute Gasteiger partial charge is 0.109 e. The summed E-state index contributed by atoms with van der Waals surface area (Å²) >= 11 is 3.82. The van der Waals surface area contributed by atoms with Gasteiger partial charge in [-0.1, -0.05) is 149 Å². The maximum Gasteiger partial charge on any atom is 0.109 e. The molecule has 0 radical (unpaired) electrons. The molecular weight excluding hydrogens is 789 g/mol. The van der Waals surface area contributed by atoms with Gasteiger partial charge in [-0.25, -0.2) is 0 Å². The van der Waals surface area contributed by atoms with Gasteiger partial charge >= 0.3 is 0 Å². The molecule has 4 heteroatoms. The maximum absolute atomic E-state index is 2.58. The lowest BCUT2D eigenvalue weighted by atomic mass is 9.81. The molecular formula is C58H40N2S2. The van der Waals surface area contributed by atoms with E-state index >= 15 is 0 Å². The summed E-state index contributed by atoms with van der Waals surface area (Å²) in [6, 6.07) is 64.2. The lowest BCUT2D eigenvalue weighted by molar-refractivity contribution is 0.656. The standard InChI is InChI=1S/C58H40N2S2/c1-57(2)43-21-9-5-15-35(43)37-19-13-23-47(53(37)57)59-45-29-27-33(31-41(45)51-39-17-7-11-25-49(39)61-55(51)59)34-28-30-46-42(32-34)52-40-18-8-12-26-50(40)62-56(52)60(46)48-24-14-20-38-36-16-6-10-22-44(36)58(3,4)54(38)48/h5-32H,1-4H3. The van der Waals surface area contributed by atoms with Crippen molar-refractivity contribution in [2.45, 2.75) is 38.5 Å². The molecule has 0 aliphatic heterocycles. The highest BCUT2D eigenvalue weighted by atomic mass is 32.1. The summed E-state index contributed by atoms with van der Waals surface area (Å²) in [5.41, 5.74) is 18.2. The second kappa shape index (κ2) is 12.0. The highest BCUT2D eigenvalue weighted by Gasteiger charge is 2.40. The van der Waals surface area contributed by atoms with Gasteiger partial charge in [0, 0.05) is 52.5 Å². The number of thiophene rings is 2. The summed E-state index contributed by atoms with van der Waals surface area (Å²) in [4.78, 5) is 2.61. The van der Waals surface area contributed by atoms with E-state index in [0.717, 1.165) is 0 Å². The molecule has 0 saturated carbocycles. The first-order valence-corrected chi connectivity index (χ1v) is 23.3. The van der Waals surface area contributed by atoms with Crippen molar-refractivity contribution in [3.63, 3.8) is 0 Å². The number of hydrogen-bond acceptors (Lipinski definition) is 2. The van der Waals surface area contributed by atoms with Crippen LogP contribution < -0.4 is 0 Å². The van der Waals surface area contributed by atoms with Gasteiger partial charge in [0.25, 0.3) is 0 Å². The lowest BCUT2D eigenvalue weighted by Crippen LogP contribution is -2.17. The SMILES string of the molecule is CC1(C)c2ccccc2-c2cccc(-n3c4ccc(-c5ccc6c(c5)c5c7ccccc7sc5n6-c5cccc6c5C(C)(C)c5ccccc5-6)cc4c4c5ccccc5sc43)c21. The third-order valence-electron chi connectivity index (χ3n) is 14.5. The first-order valence-electron chi connectivity index (χ1n) is 21.7.